The average molecular weight is 346 g/mol. The highest BCUT2D eigenvalue weighted by molar-refractivity contribution is 5.82. The molecule has 1 unspecified atom stereocenters. The minimum Gasteiger partial charge on any atom is -0.493 e. The summed E-state index contributed by atoms with van der Waals surface area (Å²) in [5.74, 6) is 1.25. The van der Waals surface area contributed by atoms with Gasteiger partial charge in [-0.2, -0.15) is 0 Å². The molecule has 0 aromatic heterocycles. The number of carbonyl (C=O) groups is 1. The molecule has 2 saturated heterocycles. The smallest absolute Gasteiger partial charge is 0.240 e. The van der Waals surface area contributed by atoms with E-state index in [1.807, 2.05) is 23.1 Å². The molecule has 0 saturated carbocycles. The minimum absolute atomic E-state index is 0.0466. The van der Waals surface area contributed by atoms with Gasteiger partial charge in [0, 0.05) is 19.6 Å². The van der Waals surface area contributed by atoms with E-state index >= 15 is 0 Å². The third kappa shape index (κ3) is 4.95. The first-order valence-electron chi connectivity index (χ1n) is 9.55. The summed E-state index contributed by atoms with van der Waals surface area (Å²) in [7, 11) is 0. The molecule has 0 aliphatic carbocycles. The Hall–Kier alpha value is -1.59. The van der Waals surface area contributed by atoms with Gasteiger partial charge in [-0.25, -0.2) is 0 Å². The van der Waals surface area contributed by atoms with Crippen LogP contribution in [0, 0.1) is 6.92 Å². The average Bonchev–Trinajstić information content (AvgIpc) is 2.67. The Kier molecular flexibility index (Phi) is 6.70. The van der Waals surface area contributed by atoms with E-state index in [-0.39, 0.29) is 6.04 Å². The molecule has 1 atom stereocenters. The summed E-state index contributed by atoms with van der Waals surface area (Å²) in [5, 5.41) is 0. The molecule has 1 aromatic rings. The van der Waals surface area contributed by atoms with Crippen LogP contribution in [0.25, 0.3) is 0 Å². The van der Waals surface area contributed by atoms with E-state index < -0.39 is 0 Å². The number of amides is 1. The number of likely N-dealkylation sites (tertiary alicyclic amines) is 1. The van der Waals surface area contributed by atoms with Crippen LogP contribution < -0.4 is 4.74 Å². The zero-order chi connectivity index (χ0) is 17.5. The second-order valence-electron chi connectivity index (χ2n) is 6.95. The van der Waals surface area contributed by atoms with Crippen molar-refractivity contribution in [3.05, 3.63) is 29.8 Å². The zero-order valence-corrected chi connectivity index (χ0v) is 15.3. The number of rotatable bonds is 6. The van der Waals surface area contributed by atoms with E-state index in [1.54, 1.807) is 0 Å². The second-order valence-corrected chi connectivity index (χ2v) is 6.95. The first-order valence-corrected chi connectivity index (χ1v) is 9.55. The number of carbonyl (C=O) groups excluding carboxylic acids is 1. The van der Waals surface area contributed by atoms with Gasteiger partial charge in [0.25, 0.3) is 0 Å². The molecule has 1 aromatic carbocycles. The van der Waals surface area contributed by atoms with Crippen molar-refractivity contribution in [2.75, 3.05) is 46.0 Å². The van der Waals surface area contributed by atoms with Crippen LogP contribution in [-0.2, 0) is 9.53 Å². The largest absolute Gasteiger partial charge is 0.493 e. The molecule has 0 radical (unpaired) electrons. The van der Waals surface area contributed by atoms with Crippen molar-refractivity contribution in [3.63, 3.8) is 0 Å². The fraction of sp³-hybridized carbons (Fsp3) is 0.650. The van der Waals surface area contributed by atoms with Crippen molar-refractivity contribution in [3.8, 4) is 5.75 Å². The Morgan fingerprint density at radius 2 is 2.00 bits per heavy atom. The lowest BCUT2D eigenvalue weighted by molar-refractivity contribution is -0.142. The van der Waals surface area contributed by atoms with Crippen molar-refractivity contribution >= 4 is 5.91 Å². The quantitative estimate of drug-likeness (QED) is 0.742. The monoisotopic (exact) mass is 346 g/mol. The standard InChI is InChI=1S/C20H30N2O3/c1-17-7-2-3-9-19(17)25-14-6-11-21-10-5-4-8-18(21)20(23)22-12-15-24-16-13-22/h2-3,7,9,18H,4-6,8,10-16H2,1H3. The molecule has 2 aliphatic rings. The highest BCUT2D eigenvalue weighted by Crippen LogP contribution is 2.20. The maximum atomic E-state index is 12.9. The molecule has 1 amide bonds. The predicted octanol–water partition coefficient (Wildman–Crippen LogP) is 2.48. The van der Waals surface area contributed by atoms with Gasteiger partial charge in [0.2, 0.25) is 5.91 Å². The van der Waals surface area contributed by atoms with E-state index in [9.17, 15) is 4.79 Å². The Bertz CT molecular complexity index is 558. The number of para-hydroxylation sites is 1. The summed E-state index contributed by atoms with van der Waals surface area (Å²) >= 11 is 0. The lowest BCUT2D eigenvalue weighted by Crippen LogP contribution is -2.53. The molecule has 138 valence electrons. The molecular weight excluding hydrogens is 316 g/mol. The van der Waals surface area contributed by atoms with Crippen molar-refractivity contribution in [1.82, 2.24) is 9.80 Å². The molecule has 5 nitrogen and oxygen atoms in total. The lowest BCUT2D eigenvalue weighted by Gasteiger charge is -2.38. The van der Waals surface area contributed by atoms with Gasteiger partial charge in [-0.1, -0.05) is 24.6 Å². The molecule has 2 fully saturated rings. The predicted molar refractivity (Wildman–Crippen MR) is 97.9 cm³/mol. The van der Waals surface area contributed by atoms with Crippen LogP contribution in [0.4, 0.5) is 0 Å². The zero-order valence-electron chi connectivity index (χ0n) is 15.3. The Labute approximate surface area is 150 Å². The van der Waals surface area contributed by atoms with Crippen molar-refractivity contribution in [2.45, 2.75) is 38.6 Å². The molecule has 2 aliphatic heterocycles. The number of morpholine rings is 1. The van der Waals surface area contributed by atoms with Gasteiger partial charge in [0.05, 0.1) is 25.9 Å². The summed E-state index contributed by atoms with van der Waals surface area (Å²) in [6.45, 7) is 7.51. The first kappa shape index (κ1) is 18.2. The van der Waals surface area contributed by atoms with Crippen LogP contribution in [0.5, 0.6) is 5.75 Å². The molecule has 25 heavy (non-hydrogen) atoms. The Morgan fingerprint density at radius 3 is 2.80 bits per heavy atom. The van der Waals surface area contributed by atoms with E-state index in [1.165, 1.54) is 12.0 Å². The third-order valence-electron chi connectivity index (χ3n) is 5.16. The van der Waals surface area contributed by atoms with E-state index in [4.69, 9.17) is 9.47 Å². The van der Waals surface area contributed by atoms with Crippen LogP contribution in [0.3, 0.4) is 0 Å². The van der Waals surface area contributed by atoms with Crippen molar-refractivity contribution in [1.29, 1.82) is 0 Å². The Balaban J connectivity index is 1.47. The summed E-state index contributed by atoms with van der Waals surface area (Å²) in [6, 6.07) is 8.16. The van der Waals surface area contributed by atoms with Crippen molar-refractivity contribution in [2.24, 2.45) is 0 Å². The van der Waals surface area contributed by atoms with Gasteiger partial charge in [-0.05, 0) is 44.4 Å². The first-order chi connectivity index (χ1) is 12.3. The van der Waals surface area contributed by atoms with Gasteiger partial charge < -0.3 is 14.4 Å². The summed E-state index contributed by atoms with van der Waals surface area (Å²) < 4.78 is 11.3. The normalized spacial score (nSPS) is 22.0. The lowest BCUT2D eigenvalue weighted by atomic mass is 10.0. The SMILES string of the molecule is Cc1ccccc1OCCCN1CCCCC1C(=O)N1CCOCC1. The number of aryl methyl sites for hydroxylation is 1. The van der Waals surface area contributed by atoms with Crippen LogP contribution >= 0.6 is 0 Å². The number of hydrogen-bond acceptors (Lipinski definition) is 4. The van der Waals surface area contributed by atoms with Crippen molar-refractivity contribution < 1.29 is 14.3 Å². The van der Waals surface area contributed by atoms with Gasteiger partial charge in [-0.3, -0.25) is 9.69 Å². The van der Waals surface area contributed by atoms with Crippen LogP contribution in [-0.4, -0.2) is 67.7 Å². The maximum absolute atomic E-state index is 12.9. The Morgan fingerprint density at radius 1 is 1.20 bits per heavy atom. The number of benzene rings is 1. The van der Waals surface area contributed by atoms with E-state index in [0.29, 0.717) is 25.7 Å². The molecule has 2 heterocycles. The molecule has 3 rings (SSSR count). The van der Waals surface area contributed by atoms with E-state index in [2.05, 4.69) is 17.9 Å². The fourth-order valence-corrected chi connectivity index (χ4v) is 3.70. The van der Waals surface area contributed by atoms with Gasteiger partial charge >= 0.3 is 0 Å². The molecule has 5 heteroatoms. The van der Waals surface area contributed by atoms with Gasteiger partial charge in [0.15, 0.2) is 0 Å². The number of hydrogen-bond donors (Lipinski definition) is 0. The number of nitrogens with zero attached hydrogens (tertiary/aromatic N) is 2. The summed E-state index contributed by atoms with van der Waals surface area (Å²) in [5.41, 5.74) is 1.17. The summed E-state index contributed by atoms with van der Waals surface area (Å²) in [6.07, 6.45) is 4.26. The number of piperidine rings is 1. The van der Waals surface area contributed by atoms with Gasteiger partial charge in [0.1, 0.15) is 5.75 Å². The van der Waals surface area contributed by atoms with E-state index in [0.717, 1.165) is 51.2 Å². The molecule has 0 spiro atoms. The summed E-state index contributed by atoms with van der Waals surface area (Å²) in [4.78, 5) is 17.2. The van der Waals surface area contributed by atoms with Crippen LogP contribution in [0.2, 0.25) is 0 Å². The van der Waals surface area contributed by atoms with Crippen LogP contribution in [0.15, 0.2) is 24.3 Å². The van der Waals surface area contributed by atoms with Gasteiger partial charge in [-0.15, -0.1) is 0 Å². The third-order valence-corrected chi connectivity index (χ3v) is 5.16. The maximum Gasteiger partial charge on any atom is 0.240 e. The second kappa shape index (κ2) is 9.20. The molecular formula is C20H30N2O3. The molecule has 0 bridgehead atoms. The molecule has 0 N–H and O–H groups in total. The topological polar surface area (TPSA) is 42.0 Å². The fourth-order valence-electron chi connectivity index (χ4n) is 3.70. The minimum atomic E-state index is 0.0466. The highest BCUT2D eigenvalue weighted by atomic mass is 16.5. The van der Waals surface area contributed by atoms with Crippen LogP contribution in [0.1, 0.15) is 31.2 Å². The highest BCUT2D eigenvalue weighted by Gasteiger charge is 2.32. The number of ether oxygens (including phenoxy) is 2.